The molecule has 5 nitrogen and oxygen atoms in total. The smallest absolute Gasteiger partial charge is 0.306 e. The highest BCUT2D eigenvalue weighted by molar-refractivity contribution is 5.99. The van der Waals surface area contributed by atoms with E-state index in [1.165, 1.54) is 10.9 Å². The second-order valence-corrected chi connectivity index (χ2v) is 7.75. The van der Waals surface area contributed by atoms with Crippen molar-refractivity contribution in [2.45, 2.75) is 33.1 Å². The molecule has 0 saturated carbocycles. The van der Waals surface area contributed by atoms with Gasteiger partial charge in [0.1, 0.15) is 0 Å². The number of ether oxygens (including phenoxy) is 1. The fourth-order valence-electron chi connectivity index (χ4n) is 4.08. The van der Waals surface area contributed by atoms with Gasteiger partial charge in [-0.2, -0.15) is 0 Å². The van der Waals surface area contributed by atoms with Crippen molar-refractivity contribution in [3.05, 3.63) is 89.4 Å². The maximum Gasteiger partial charge on any atom is 0.306 e. The molecule has 0 fully saturated rings. The first-order valence-corrected chi connectivity index (χ1v) is 10.5. The summed E-state index contributed by atoms with van der Waals surface area (Å²) in [6.45, 7) is 3.65. The predicted octanol–water partition coefficient (Wildman–Crippen LogP) is 5.32. The summed E-state index contributed by atoms with van der Waals surface area (Å²) in [5, 5.41) is 1.18. The van der Waals surface area contributed by atoms with Gasteiger partial charge in [0.25, 0.3) is 0 Å². The van der Waals surface area contributed by atoms with Crippen molar-refractivity contribution >= 4 is 22.7 Å². The van der Waals surface area contributed by atoms with Crippen LogP contribution in [-0.4, -0.2) is 27.9 Å². The average Bonchev–Trinajstić information content (AvgIpc) is 3.33. The van der Waals surface area contributed by atoms with Crippen LogP contribution in [0.15, 0.2) is 66.9 Å². The second kappa shape index (κ2) is 9.04. The Labute approximate surface area is 181 Å². The molecule has 0 radical (unpaired) electrons. The zero-order valence-electron chi connectivity index (χ0n) is 17.9. The van der Waals surface area contributed by atoms with Gasteiger partial charge in [0.05, 0.1) is 0 Å². The average molecular weight is 415 g/mol. The lowest BCUT2D eigenvalue weighted by atomic mass is 10.1. The number of carbonyl (C=O) groups excluding carboxylic acids is 2. The lowest BCUT2D eigenvalue weighted by Gasteiger charge is -2.09. The fraction of sp³-hybridized carbons (Fsp3) is 0.231. The minimum atomic E-state index is -0.343. The highest BCUT2D eigenvalue weighted by Crippen LogP contribution is 2.22. The molecule has 0 bridgehead atoms. The Balaban J connectivity index is 1.31. The van der Waals surface area contributed by atoms with Gasteiger partial charge >= 0.3 is 5.97 Å². The van der Waals surface area contributed by atoms with Crippen molar-refractivity contribution < 1.29 is 14.3 Å². The minimum Gasteiger partial charge on any atom is -0.457 e. The number of aromatic amines is 1. The number of hydrogen-bond donors (Lipinski definition) is 1. The van der Waals surface area contributed by atoms with Crippen molar-refractivity contribution in [2.24, 2.45) is 0 Å². The molecule has 1 N–H and O–H groups in total. The molecule has 0 atom stereocenters. The number of nitrogens with one attached hydrogen (secondary N) is 1. The Morgan fingerprint density at radius 3 is 2.55 bits per heavy atom. The molecule has 4 rings (SSSR count). The van der Waals surface area contributed by atoms with Crippen LogP contribution in [0.1, 0.15) is 40.2 Å². The molecule has 2 heterocycles. The van der Waals surface area contributed by atoms with Crippen LogP contribution >= 0.6 is 0 Å². The first-order chi connectivity index (χ1) is 15.0. The number of benzene rings is 2. The lowest BCUT2D eigenvalue weighted by Crippen LogP contribution is -2.15. The highest BCUT2D eigenvalue weighted by Gasteiger charge is 2.18. The molecule has 0 aliphatic carbocycles. The van der Waals surface area contributed by atoms with Crippen molar-refractivity contribution in [1.82, 2.24) is 9.55 Å². The van der Waals surface area contributed by atoms with Crippen molar-refractivity contribution in [3.63, 3.8) is 0 Å². The van der Waals surface area contributed by atoms with Crippen LogP contribution in [0.25, 0.3) is 16.6 Å². The van der Waals surface area contributed by atoms with Gasteiger partial charge in [-0.05, 0) is 56.5 Å². The Bertz CT molecular complexity index is 1220. The molecule has 158 valence electrons. The van der Waals surface area contributed by atoms with E-state index in [-0.39, 0.29) is 24.8 Å². The van der Waals surface area contributed by atoms with Crippen LogP contribution in [0.3, 0.4) is 0 Å². The normalized spacial score (nSPS) is 11.0. The number of Topliss-reactive ketones (excluding diaryl/α,β-unsaturated/α-hetero) is 1. The number of hydrogen-bond acceptors (Lipinski definition) is 3. The summed E-state index contributed by atoms with van der Waals surface area (Å²) in [6, 6.07) is 19.9. The lowest BCUT2D eigenvalue weighted by molar-refractivity contribution is -0.142. The van der Waals surface area contributed by atoms with E-state index in [1.54, 1.807) is 0 Å². The standard InChI is InChI=1S/C26H26N2O3/c1-18-15-23(19(2)28(18)21-10-4-3-5-11-21)25(29)17-31-26(30)14-8-9-20-16-27-24-13-7-6-12-22(20)24/h3-7,10-13,15-16,27H,8-9,14,17H2,1-2H3. The zero-order chi connectivity index (χ0) is 21.8. The summed E-state index contributed by atoms with van der Waals surface area (Å²) in [4.78, 5) is 28.1. The van der Waals surface area contributed by atoms with Crippen LogP contribution in [0.4, 0.5) is 0 Å². The Morgan fingerprint density at radius 1 is 1.00 bits per heavy atom. The maximum atomic E-state index is 12.7. The third kappa shape index (κ3) is 4.45. The second-order valence-electron chi connectivity index (χ2n) is 7.75. The minimum absolute atomic E-state index is 0.180. The molecule has 2 aromatic heterocycles. The largest absolute Gasteiger partial charge is 0.457 e. The van der Waals surface area contributed by atoms with Gasteiger partial charge < -0.3 is 14.3 Å². The summed E-state index contributed by atoms with van der Waals surface area (Å²) in [5.41, 5.74) is 5.70. The van der Waals surface area contributed by atoms with E-state index >= 15 is 0 Å². The van der Waals surface area contributed by atoms with Crippen molar-refractivity contribution in [1.29, 1.82) is 0 Å². The molecule has 0 spiro atoms. The quantitative estimate of drug-likeness (QED) is 0.313. The molecule has 31 heavy (non-hydrogen) atoms. The highest BCUT2D eigenvalue weighted by atomic mass is 16.5. The zero-order valence-corrected chi connectivity index (χ0v) is 17.9. The number of esters is 1. The number of aromatic nitrogens is 2. The third-order valence-corrected chi connectivity index (χ3v) is 5.61. The van der Waals surface area contributed by atoms with Crippen molar-refractivity contribution in [3.8, 4) is 5.69 Å². The molecule has 0 unspecified atom stereocenters. The molecule has 0 amide bonds. The molecule has 2 aromatic carbocycles. The number of fused-ring (bicyclic) bond motifs is 1. The Hall–Kier alpha value is -3.60. The topological polar surface area (TPSA) is 64.1 Å². The van der Waals surface area contributed by atoms with E-state index in [0.29, 0.717) is 12.0 Å². The van der Waals surface area contributed by atoms with Gasteiger partial charge in [0.2, 0.25) is 5.78 Å². The van der Waals surface area contributed by atoms with Gasteiger partial charge in [-0.15, -0.1) is 0 Å². The maximum absolute atomic E-state index is 12.7. The van der Waals surface area contributed by atoms with E-state index in [0.717, 1.165) is 29.0 Å². The van der Waals surface area contributed by atoms with E-state index in [1.807, 2.05) is 79.2 Å². The SMILES string of the molecule is Cc1cc(C(=O)COC(=O)CCCc2c[nH]c3ccccc23)c(C)n1-c1ccccc1. The summed E-state index contributed by atoms with van der Waals surface area (Å²) in [5.74, 6) is -0.523. The number of nitrogens with zero attached hydrogens (tertiary/aromatic N) is 1. The third-order valence-electron chi connectivity index (χ3n) is 5.61. The molecule has 5 heteroatoms. The number of rotatable bonds is 8. The number of para-hydroxylation sites is 2. The van der Waals surface area contributed by atoms with Crippen LogP contribution < -0.4 is 0 Å². The van der Waals surface area contributed by atoms with Crippen LogP contribution in [0, 0.1) is 13.8 Å². The van der Waals surface area contributed by atoms with Gasteiger partial charge in [0.15, 0.2) is 6.61 Å². The molecular weight excluding hydrogens is 388 g/mol. The van der Waals surface area contributed by atoms with Crippen LogP contribution in [0.5, 0.6) is 0 Å². The van der Waals surface area contributed by atoms with Gasteiger partial charge in [0, 0.05) is 46.2 Å². The summed E-state index contributed by atoms with van der Waals surface area (Å²) in [7, 11) is 0. The van der Waals surface area contributed by atoms with E-state index in [2.05, 4.69) is 11.1 Å². The van der Waals surface area contributed by atoms with E-state index in [9.17, 15) is 9.59 Å². The predicted molar refractivity (Wildman–Crippen MR) is 122 cm³/mol. The monoisotopic (exact) mass is 414 g/mol. The number of carbonyl (C=O) groups is 2. The number of aryl methyl sites for hydroxylation is 2. The molecule has 0 aliphatic rings. The number of ketones is 1. The van der Waals surface area contributed by atoms with E-state index in [4.69, 9.17) is 4.74 Å². The summed E-state index contributed by atoms with van der Waals surface area (Å²) in [6.07, 6.45) is 3.74. The summed E-state index contributed by atoms with van der Waals surface area (Å²) < 4.78 is 7.31. The van der Waals surface area contributed by atoms with Crippen molar-refractivity contribution in [2.75, 3.05) is 6.61 Å². The van der Waals surface area contributed by atoms with Gasteiger partial charge in [-0.3, -0.25) is 9.59 Å². The molecule has 0 saturated heterocycles. The molecular formula is C26H26N2O3. The Morgan fingerprint density at radius 2 is 1.74 bits per heavy atom. The van der Waals surface area contributed by atoms with Crippen LogP contribution in [-0.2, 0) is 16.0 Å². The molecule has 0 aliphatic heterocycles. The fourth-order valence-corrected chi connectivity index (χ4v) is 4.08. The summed E-state index contributed by atoms with van der Waals surface area (Å²) >= 11 is 0. The first-order valence-electron chi connectivity index (χ1n) is 10.5. The Kier molecular flexibility index (Phi) is 6.03. The number of H-pyrrole nitrogens is 1. The van der Waals surface area contributed by atoms with Crippen LogP contribution in [0.2, 0.25) is 0 Å². The van der Waals surface area contributed by atoms with E-state index < -0.39 is 0 Å². The molecule has 4 aromatic rings. The van der Waals surface area contributed by atoms with Gasteiger partial charge in [-0.25, -0.2) is 0 Å². The van der Waals surface area contributed by atoms with Gasteiger partial charge in [-0.1, -0.05) is 36.4 Å². The first kappa shape index (κ1) is 20.7.